The van der Waals surface area contributed by atoms with Crippen molar-refractivity contribution in [2.45, 2.75) is 19.2 Å². The molecule has 1 aromatic carbocycles. The molecule has 4 rings (SSSR count). The number of phenolic OH excluding ortho intramolecular Hbond substituents is 1. The lowest BCUT2D eigenvalue weighted by Crippen LogP contribution is -2.20. The topological polar surface area (TPSA) is 62.9 Å². The Labute approximate surface area is 146 Å². The van der Waals surface area contributed by atoms with Gasteiger partial charge in [0.1, 0.15) is 0 Å². The van der Waals surface area contributed by atoms with E-state index in [0.29, 0.717) is 16.9 Å². The summed E-state index contributed by atoms with van der Waals surface area (Å²) in [5.74, 6) is -0.486. The molecular formula is C17H15F3N4O2. The zero-order valence-corrected chi connectivity index (χ0v) is 13.6. The van der Waals surface area contributed by atoms with Gasteiger partial charge in [-0.2, -0.15) is 0 Å². The summed E-state index contributed by atoms with van der Waals surface area (Å²) >= 11 is 0. The fourth-order valence-electron chi connectivity index (χ4n) is 3.15. The van der Waals surface area contributed by atoms with E-state index in [4.69, 9.17) is 0 Å². The molecule has 0 aliphatic carbocycles. The molecule has 0 saturated carbocycles. The third-order valence-electron chi connectivity index (χ3n) is 4.30. The molecule has 2 aromatic heterocycles. The summed E-state index contributed by atoms with van der Waals surface area (Å²) in [5, 5.41) is 9.63. The minimum absolute atomic E-state index is 0.438. The van der Waals surface area contributed by atoms with Crippen molar-refractivity contribution in [1.29, 1.82) is 0 Å². The Bertz CT molecular complexity index is 949. The van der Waals surface area contributed by atoms with E-state index < -0.39 is 17.9 Å². The van der Waals surface area contributed by atoms with Crippen LogP contribution >= 0.6 is 0 Å². The highest BCUT2D eigenvalue weighted by molar-refractivity contribution is 5.72. The fraction of sp³-hybridized carbons (Fsp3) is 0.294. The van der Waals surface area contributed by atoms with Crippen LogP contribution in [0.2, 0.25) is 0 Å². The predicted octanol–water partition coefficient (Wildman–Crippen LogP) is 3.60. The van der Waals surface area contributed by atoms with Gasteiger partial charge < -0.3 is 14.7 Å². The molecule has 26 heavy (non-hydrogen) atoms. The number of nitrogens with zero attached hydrogens (tertiary/aromatic N) is 4. The number of imidazole rings is 1. The highest BCUT2D eigenvalue weighted by Crippen LogP contribution is 2.36. The van der Waals surface area contributed by atoms with Crippen molar-refractivity contribution in [3.63, 3.8) is 0 Å². The van der Waals surface area contributed by atoms with E-state index in [1.165, 1.54) is 12.1 Å². The maximum atomic E-state index is 12.5. The molecule has 1 aliphatic heterocycles. The average molecular weight is 364 g/mol. The standard InChI is InChI=1S/C17H15F3N4O2/c18-17(19,20)26-14-9-11(3-4-13(14)25)12-10-22-16-15(21-5-8-24(12)16)23-6-1-2-7-23/h3-5,8-10,25H,1-2,6-7H2. The molecule has 3 aromatic rings. The lowest BCUT2D eigenvalue weighted by atomic mass is 10.1. The maximum Gasteiger partial charge on any atom is 0.573 e. The molecule has 1 aliphatic rings. The summed E-state index contributed by atoms with van der Waals surface area (Å²) in [4.78, 5) is 10.9. The number of halogens is 3. The van der Waals surface area contributed by atoms with E-state index >= 15 is 0 Å². The van der Waals surface area contributed by atoms with E-state index in [1.807, 2.05) is 0 Å². The first-order valence-corrected chi connectivity index (χ1v) is 8.08. The quantitative estimate of drug-likeness (QED) is 0.769. The minimum Gasteiger partial charge on any atom is -0.504 e. The molecule has 6 nitrogen and oxygen atoms in total. The van der Waals surface area contributed by atoms with Gasteiger partial charge in [0, 0.05) is 31.0 Å². The highest BCUT2D eigenvalue weighted by atomic mass is 19.4. The Hall–Kier alpha value is -2.97. The number of hydrogen-bond donors (Lipinski definition) is 1. The Morgan fingerprint density at radius 2 is 1.88 bits per heavy atom. The molecule has 3 heterocycles. The van der Waals surface area contributed by atoms with Crippen molar-refractivity contribution < 1.29 is 23.0 Å². The summed E-state index contributed by atoms with van der Waals surface area (Å²) in [6, 6.07) is 3.82. The summed E-state index contributed by atoms with van der Waals surface area (Å²) in [7, 11) is 0. The van der Waals surface area contributed by atoms with E-state index in [0.717, 1.165) is 37.8 Å². The van der Waals surface area contributed by atoms with Gasteiger partial charge in [0.05, 0.1) is 11.9 Å². The van der Waals surface area contributed by atoms with Crippen molar-refractivity contribution in [3.8, 4) is 22.8 Å². The van der Waals surface area contributed by atoms with E-state index in [1.54, 1.807) is 23.0 Å². The number of anilines is 1. The van der Waals surface area contributed by atoms with E-state index in [2.05, 4.69) is 19.6 Å². The van der Waals surface area contributed by atoms with Crippen LogP contribution in [0.25, 0.3) is 16.9 Å². The van der Waals surface area contributed by atoms with Crippen LogP contribution in [0, 0.1) is 0 Å². The number of fused-ring (bicyclic) bond motifs is 1. The maximum absolute atomic E-state index is 12.5. The number of aromatic nitrogens is 3. The number of aromatic hydroxyl groups is 1. The van der Waals surface area contributed by atoms with Crippen LogP contribution in [0.4, 0.5) is 19.0 Å². The SMILES string of the molecule is Oc1ccc(-c2cnc3c(N4CCCC4)nccn23)cc1OC(F)(F)F. The first-order chi connectivity index (χ1) is 12.4. The van der Waals surface area contributed by atoms with Gasteiger partial charge in [0.2, 0.25) is 0 Å². The minimum atomic E-state index is -4.89. The van der Waals surface area contributed by atoms with Crippen LogP contribution in [0.15, 0.2) is 36.8 Å². The van der Waals surface area contributed by atoms with Gasteiger partial charge >= 0.3 is 6.36 Å². The molecule has 0 bridgehead atoms. The predicted molar refractivity (Wildman–Crippen MR) is 88.2 cm³/mol. The lowest BCUT2D eigenvalue weighted by Gasteiger charge is -2.16. The van der Waals surface area contributed by atoms with Gasteiger partial charge in [0.25, 0.3) is 0 Å². The summed E-state index contributed by atoms with van der Waals surface area (Å²) in [6.45, 7) is 1.80. The van der Waals surface area contributed by atoms with Gasteiger partial charge in [-0.25, -0.2) is 9.97 Å². The summed E-state index contributed by atoms with van der Waals surface area (Å²) < 4.78 is 43.2. The van der Waals surface area contributed by atoms with Gasteiger partial charge in [-0.3, -0.25) is 4.40 Å². The number of benzene rings is 1. The lowest BCUT2D eigenvalue weighted by molar-refractivity contribution is -0.275. The van der Waals surface area contributed by atoms with E-state index in [9.17, 15) is 18.3 Å². The molecular weight excluding hydrogens is 349 g/mol. The number of phenols is 1. The summed E-state index contributed by atoms with van der Waals surface area (Å²) in [6.07, 6.45) is 2.20. The Kier molecular flexibility index (Phi) is 3.86. The second kappa shape index (κ2) is 6.08. The van der Waals surface area contributed by atoms with Gasteiger partial charge in [-0.05, 0) is 31.0 Å². The number of ether oxygens (including phenoxy) is 1. The van der Waals surface area contributed by atoms with Crippen molar-refractivity contribution in [3.05, 3.63) is 36.8 Å². The third kappa shape index (κ3) is 3.00. The Balaban J connectivity index is 1.78. The largest absolute Gasteiger partial charge is 0.573 e. The zero-order valence-electron chi connectivity index (χ0n) is 13.6. The second-order valence-electron chi connectivity index (χ2n) is 6.01. The second-order valence-corrected chi connectivity index (χ2v) is 6.01. The van der Waals surface area contributed by atoms with Crippen LogP contribution in [0.1, 0.15) is 12.8 Å². The normalized spacial score (nSPS) is 15.0. The first-order valence-electron chi connectivity index (χ1n) is 8.08. The average Bonchev–Trinajstić information content (AvgIpc) is 3.24. The fourth-order valence-corrected chi connectivity index (χ4v) is 3.15. The summed E-state index contributed by atoms with van der Waals surface area (Å²) in [5.41, 5.74) is 1.65. The molecule has 0 unspecified atom stereocenters. The number of rotatable bonds is 3. The molecule has 0 amide bonds. The van der Waals surface area contributed by atoms with Crippen molar-refractivity contribution in [2.24, 2.45) is 0 Å². The molecule has 136 valence electrons. The smallest absolute Gasteiger partial charge is 0.504 e. The van der Waals surface area contributed by atoms with Crippen molar-refractivity contribution in [1.82, 2.24) is 14.4 Å². The first kappa shape index (κ1) is 16.5. The third-order valence-corrected chi connectivity index (χ3v) is 4.30. The van der Waals surface area contributed by atoms with E-state index in [-0.39, 0.29) is 0 Å². The van der Waals surface area contributed by atoms with Crippen LogP contribution in [-0.4, -0.2) is 38.9 Å². The molecule has 1 fully saturated rings. The van der Waals surface area contributed by atoms with Crippen LogP contribution in [0.5, 0.6) is 11.5 Å². The molecule has 0 radical (unpaired) electrons. The Morgan fingerprint density at radius 1 is 1.12 bits per heavy atom. The number of hydrogen-bond acceptors (Lipinski definition) is 5. The van der Waals surface area contributed by atoms with Gasteiger partial charge in [-0.15, -0.1) is 13.2 Å². The van der Waals surface area contributed by atoms with Gasteiger partial charge in [-0.1, -0.05) is 0 Å². The molecule has 1 N–H and O–H groups in total. The van der Waals surface area contributed by atoms with Crippen molar-refractivity contribution in [2.75, 3.05) is 18.0 Å². The Morgan fingerprint density at radius 3 is 2.62 bits per heavy atom. The zero-order chi connectivity index (χ0) is 18.3. The monoisotopic (exact) mass is 364 g/mol. The van der Waals surface area contributed by atoms with Gasteiger partial charge in [0.15, 0.2) is 23.0 Å². The number of alkyl halides is 3. The molecule has 9 heteroatoms. The highest BCUT2D eigenvalue weighted by Gasteiger charge is 2.32. The molecule has 0 atom stereocenters. The molecule has 0 spiro atoms. The van der Waals surface area contributed by atoms with Crippen molar-refractivity contribution >= 4 is 11.5 Å². The van der Waals surface area contributed by atoms with Crippen LogP contribution in [-0.2, 0) is 0 Å². The van der Waals surface area contributed by atoms with Crippen LogP contribution in [0.3, 0.4) is 0 Å². The van der Waals surface area contributed by atoms with Crippen LogP contribution < -0.4 is 9.64 Å². The molecule has 1 saturated heterocycles.